The highest BCUT2D eigenvalue weighted by atomic mass is 79.9. The van der Waals surface area contributed by atoms with Crippen LogP contribution in [0.5, 0.6) is 0 Å². The molecule has 132 valence electrons. The van der Waals surface area contributed by atoms with E-state index < -0.39 is 35.9 Å². The molecule has 6 heteroatoms. The summed E-state index contributed by atoms with van der Waals surface area (Å²) in [7, 11) is 0. The van der Waals surface area contributed by atoms with Crippen molar-refractivity contribution >= 4 is 28.0 Å². The van der Waals surface area contributed by atoms with Gasteiger partial charge in [0.2, 0.25) is 0 Å². The Kier molecular flexibility index (Phi) is 5.02. The fraction of sp³-hybridized carbons (Fsp3) is 0.556. The van der Waals surface area contributed by atoms with Crippen LogP contribution in [0.3, 0.4) is 0 Å². The standard InChI is InChI=1S/C18H24BrNO4/c1-18(2,3)24-17(23)20-8-7-13(11-20)15(16(21)22)10-12-5-4-6-14(19)9-12/h4-6,9,13,15H,7-8,10-11H2,1-3H3,(H,21,22)/t13-,15-/m0/s1/i10D2. The second kappa shape index (κ2) is 7.55. The van der Waals surface area contributed by atoms with Crippen molar-refractivity contribution in [3.05, 3.63) is 34.3 Å². The summed E-state index contributed by atoms with van der Waals surface area (Å²) in [5, 5.41) is 9.72. The normalized spacial score (nSPS) is 21.0. The van der Waals surface area contributed by atoms with Gasteiger partial charge in [-0.15, -0.1) is 0 Å². The molecular formula is C18H24BrNO4. The number of ether oxygens (including phenoxy) is 1. The van der Waals surface area contributed by atoms with Gasteiger partial charge < -0.3 is 14.7 Å². The van der Waals surface area contributed by atoms with Gasteiger partial charge in [0, 0.05) is 20.3 Å². The van der Waals surface area contributed by atoms with E-state index in [4.69, 9.17) is 7.48 Å². The van der Waals surface area contributed by atoms with Gasteiger partial charge in [-0.25, -0.2) is 4.79 Å². The maximum atomic E-state index is 12.2. The Balaban J connectivity index is 2.21. The van der Waals surface area contributed by atoms with Crippen molar-refractivity contribution < 1.29 is 22.2 Å². The molecule has 1 aromatic rings. The Labute approximate surface area is 153 Å². The number of carboxylic acid groups (broad SMARTS) is 1. The van der Waals surface area contributed by atoms with Crippen molar-refractivity contribution in [3.8, 4) is 0 Å². The maximum Gasteiger partial charge on any atom is 0.410 e. The Hall–Kier alpha value is -1.56. The second-order valence-electron chi connectivity index (χ2n) is 6.95. The van der Waals surface area contributed by atoms with Crippen LogP contribution in [-0.2, 0) is 15.9 Å². The molecule has 1 aliphatic heterocycles. The van der Waals surface area contributed by atoms with Gasteiger partial charge in [0.25, 0.3) is 0 Å². The van der Waals surface area contributed by atoms with E-state index in [1.807, 2.05) is 0 Å². The third-order valence-corrected chi connectivity index (χ3v) is 4.25. The molecular weight excluding hydrogens is 374 g/mol. The van der Waals surface area contributed by atoms with Gasteiger partial charge in [0.05, 0.1) is 5.92 Å². The van der Waals surface area contributed by atoms with Gasteiger partial charge in [-0.2, -0.15) is 0 Å². The molecule has 0 radical (unpaired) electrons. The smallest absolute Gasteiger partial charge is 0.410 e. The van der Waals surface area contributed by atoms with Crippen LogP contribution >= 0.6 is 15.9 Å². The predicted molar refractivity (Wildman–Crippen MR) is 94.9 cm³/mol. The van der Waals surface area contributed by atoms with Gasteiger partial charge in [0.15, 0.2) is 0 Å². The molecule has 0 aromatic heterocycles. The van der Waals surface area contributed by atoms with Crippen LogP contribution in [0.2, 0.25) is 0 Å². The first kappa shape index (κ1) is 15.9. The Morgan fingerprint density at radius 1 is 1.50 bits per heavy atom. The Bertz CT molecular complexity index is 690. The largest absolute Gasteiger partial charge is 0.481 e. The Morgan fingerprint density at radius 3 is 2.79 bits per heavy atom. The van der Waals surface area contributed by atoms with Crippen LogP contribution in [-0.4, -0.2) is 40.8 Å². The highest BCUT2D eigenvalue weighted by Gasteiger charge is 2.37. The topological polar surface area (TPSA) is 66.8 Å². The van der Waals surface area contributed by atoms with Crippen molar-refractivity contribution in [1.82, 2.24) is 4.90 Å². The molecule has 1 N–H and O–H groups in total. The predicted octanol–water partition coefficient (Wildman–Crippen LogP) is 3.95. The fourth-order valence-corrected chi connectivity index (χ4v) is 3.09. The zero-order valence-electron chi connectivity index (χ0n) is 16.1. The molecule has 1 amide bonds. The van der Waals surface area contributed by atoms with Crippen molar-refractivity contribution in [2.24, 2.45) is 11.8 Å². The van der Waals surface area contributed by atoms with Gasteiger partial charge in [0.1, 0.15) is 5.60 Å². The molecule has 2 atom stereocenters. The molecule has 1 saturated heterocycles. The lowest BCUT2D eigenvalue weighted by molar-refractivity contribution is -0.143. The average molecular weight is 400 g/mol. The molecule has 1 fully saturated rings. The van der Waals surface area contributed by atoms with Crippen molar-refractivity contribution in [1.29, 1.82) is 0 Å². The summed E-state index contributed by atoms with van der Waals surface area (Å²) in [6.45, 7) is 5.83. The molecule has 2 rings (SSSR count). The van der Waals surface area contributed by atoms with E-state index in [-0.39, 0.29) is 6.54 Å². The fourth-order valence-electron chi connectivity index (χ4n) is 2.69. The minimum atomic E-state index is -2.07. The van der Waals surface area contributed by atoms with Gasteiger partial charge in [-0.1, -0.05) is 28.1 Å². The number of carbonyl (C=O) groups excluding carboxylic acids is 1. The summed E-state index contributed by atoms with van der Waals surface area (Å²) in [6.07, 6.45) is -2.14. The number of rotatable bonds is 4. The van der Waals surface area contributed by atoms with Crippen LogP contribution < -0.4 is 0 Å². The molecule has 0 unspecified atom stereocenters. The summed E-state index contributed by atoms with van der Waals surface area (Å²) in [4.78, 5) is 25.6. The first-order valence-corrected chi connectivity index (χ1v) is 8.68. The van der Waals surface area contributed by atoms with Crippen LogP contribution in [0.1, 0.15) is 35.5 Å². The van der Waals surface area contributed by atoms with E-state index in [0.29, 0.717) is 23.0 Å². The molecule has 1 aliphatic rings. The number of hydrogen-bond donors (Lipinski definition) is 1. The third-order valence-electron chi connectivity index (χ3n) is 3.76. The van der Waals surface area contributed by atoms with E-state index >= 15 is 0 Å². The Morgan fingerprint density at radius 2 is 2.21 bits per heavy atom. The monoisotopic (exact) mass is 399 g/mol. The van der Waals surface area contributed by atoms with E-state index in [0.717, 1.165) is 0 Å². The third kappa shape index (κ3) is 5.23. The average Bonchev–Trinajstić information content (AvgIpc) is 2.94. The van der Waals surface area contributed by atoms with Crippen LogP contribution in [0, 0.1) is 11.8 Å². The first-order chi connectivity index (χ1) is 11.9. The molecule has 0 aliphatic carbocycles. The van der Waals surface area contributed by atoms with Crippen LogP contribution in [0.4, 0.5) is 4.79 Å². The number of carboxylic acids is 1. The number of benzene rings is 1. The lowest BCUT2D eigenvalue weighted by Crippen LogP contribution is -2.36. The highest BCUT2D eigenvalue weighted by molar-refractivity contribution is 9.10. The first-order valence-electron chi connectivity index (χ1n) is 8.88. The van der Waals surface area contributed by atoms with Crippen LogP contribution in [0.25, 0.3) is 0 Å². The minimum absolute atomic E-state index is 0.166. The summed E-state index contributed by atoms with van der Waals surface area (Å²) < 4.78 is 22.9. The molecule has 24 heavy (non-hydrogen) atoms. The summed E-state index contributed by atoms with van der Waals surface area (Å²) >= 11 is 3.30. The number of amides is 1. The number of hydrogen-bond acceptors (Lipinski definition) is 3. The molecule has 1 heterocycles. The maximum absolute atomic E-state index is 12.2. The number of aliphatic carboxylic acids is 1. The lowest BCUT2D eigenvalue weighted by Gasteiger charge is -2.25. The molecule has 0 spiro atoms. The number of halogens is 1. The van der Waals surface area contributed by atoms with E-state index in [9.17, 15) is 14.7 Å². The zero-order chi connectivity index (χ0) is 19.7. The summed E-state index contributed by atoms with van der Waals surface area (Å²) in [5.74, 6) is -2.95. The number of carbonyl (C=O) groups is 2. The molecule has 0 saturated carbocycles. The number of likely N-dealkylation sites (tertiary alicyclic amines) is 1. The zero-order valence-corrected chi connectivity index (χ0v) is 15.7. The van der Waals surface area contributed by atoms with Crippen molar-refractivity contribution in [2.45, 2.75) is 39.2 Å². The van der Waals surface area contributed by atoms with E-state index in [2.05, 4.69) is 15.9 Å². The second-order valence-corrected chi connectivity index (χ2v) is 7.86. The van der Waals surface area contributed by atoms with Gasteiger partial charge in [-0.3, -0.25) is 4.79 Å². The van der Waals surface area contributed by atoms with Crippen molar-refractivity contribution in [2.75, 3.05) is 13.1 Å². The summed E-state index contributed by atoms with van der Waals surface area (Å²) in [6, 6.07) is 6.62. The summed E-state index contributed by atoms with van der Waals surface area (Å²) in [5.41, 5.74) is -0.332. The number of nitrogens with zero attached hydrogens (tertiary/aromatic N) is 1. The van der Waals surface area contributed by atoms with E-state index in [1.165, 1.54) is 4.90 Å². The highest BCUT2D eigenvalue weighted by Crippen LogP contribution is 2.29. The SMILES string of the molecule is [2H]C([2H])(c1cccc(Br)c1)[C@H](C(=O)O)[C@H]1CCN(C(=O)OC(C)(C)C)C1. The molecule has 1 aromatic carbocycles. The van der Waals surface area contributed by atoms with E-state index in [1.54, 1.807) is 45.0 Å². The van der Waals surface area contributed by atoms with Gasteiger partial charge in [-0.05, 0) is 57.2 Å². The van der Waals surface area contributed by atoms with Crippen molar-refractivity contribution in [3.63, 3.8) is 0 Å². The van der Waals surface area contributed by atoms with Crippen LogP contribution in [0.15, 0.2) is 28.7 Å². The lowest BCUT2D eigenvalue weighted by atomic mass is 9.86. The molecule has 5 nitrogen and oxygen atoms in total. The minimum Gasteiger partial charge on any atom is -0.481 e. The molecule has 0 bridgehead atoms. The quantitative estimate of drug-likeness (QED) is 0.831. The van der Waals surface area contributed by atoms with Gasteiger partial charge >= 0.3 is 12.1 Å².